The summed E-state index contributed by atoms with van der Waals surface area (Å²) in [6.45, 7) is 2.24. The van der Waals surface area contributed by atoms with Gasteiger partial charge in [-0.2, -0.15) is 0 Å². The highest BCUT2D eigenvalue weighted by molar-refractivity contribution is 5.34. The van der Waals surface area contributed by atoms with E-state index in [0.717, 1.165) is 11.5 Å². The lowest BCUT2D eigenvalue weighted by molar-refractivity contribution is 0.422. The lowest BCUT2D eigenvalue weighted by Gasteiger charge is -2.19. The zero-order chi connectivity index (χ0) is 9.97. The van der Waals surface area contributed by atoms with Crippen molar-refractivity contribution in [3.05, 3.63) is 29.8 Å². The third-order valence-electron chi connectivity index (χ3n) is 3.53. The number of benzene rings is 1. The van der Waals surface area contributed by atoms with E-state index in [4.69, 9.17) is 0 Å². The minimum Gasteiger partial charge on any atom is -0.508 e. The van der Waals surface area contributed by atoms with Gasteiger partial charge >= 0.3 is 0 Å². The van der Waals surface area contributed by atoms with Gasteiger partial charge in [-0.25, -0.2) is 0 Å². The Morgan fingerprint density at radius 1 is 1.21 bits per heavy atom. The van der Waals surface area contributed by atoms with Gasteiger partial charge in [0.25, 0.3) is 0 Å². The summed E-state index contributed by atoms with van der Waals surface area (Å²) in [7, 11) is 0. The fourth-order valence-corrected chi connectivity index (χ4v) is 2.58. The molecule has 1 fully saturated rings. The Balaban J connectivity index is 2.17. The summed E-state index contributed by atoms with van der Waals surface area (Å²) in [6, 6.07) is 7.75. The molecule has 1 N–H and O–H groups in total. The van der Waals surface area contributed by atoms with Crippen LogP contribution >= 0.6 is 0 Å². The second-order valence-electron chi connectivity index (χ2n) is 4.39. The summed E-state index contributed by atoms with van der Waals surface area (Å²) in [5, 5.41) is 9.74. The molecule has 0 heterocycles. The van der Waals surface area contributed by atoms with Crippen LogP contribution in [-0.4, -0.2) is 5.11 Å². The van der Waals surface area contributed by atoms with Crippen molar-refractivity contribution < 1.29 is 5.11 Å². The van der Waals surface area contributed by atoms with E-state index in [0.29, 0.717) is 11.7 Å². The standard InChI is InChI=1S/C13H18O/c1-10(11-6-2-3-7-11)12-8-4-5-9-13(12)14/h4-5,8-11,14H,2-3,6-7H2,1H3. The van der Waals surface area contributed by atoms with E-state index in [1.165, 1.54) is 25.7 Å². The number of phenols is 1. The van der Waals surface area contributed by atoms with Gasteiger partial charge in [-0.05, 0) is 36.3 Å². The minimum absolute atomic E-state index is 0.465. The zero-order valence-electron chi connectivity index (χ0n) is 8.74. The molecule has 1 atom stereocenters. The largest absolute Gasteiger partial charge is 0.508 e. The Morgan fingerprint density at radius 2 is 1.86 bits per heavy atom. The third-order valence-corrected chi connectivity index (χ3v) is 3.53. The van der Waals surface area contributed by atoms with Crippen LogP contribution in [-0.2, 0) is 0 Å². The highest BCUT2D eigenvalue weighted by Gasteiger charge is 2.23. The zero-order valence-corrected chi connectivity index (χ0v) is 8.74. The Morgan fingerprint density at radius 3 is 2.50 bits per heavy atom. The molecule has 1 aliphatic carbocycles. The average molecular weight is 190 g/mol. The van der Waals surface area contributed by atoms with Crippen LogP contribution in [0.2, 0.25) is 0 Å². The molecule has 0 aliphatic heterocycles. The molecule has 1 aliphatic rings. The van der Waals surface area contributed by atoms with Crippen molar-refractivity contribution in [3.63, 3.8) is 0 Å². The third kappa shape index (κ3) is 1.77. The predicted octanol–water partition coefficient (Wildman–Crippen LogP) is 3.69. The van der Waals surface area contributed by atoms with Crippen LogP contribution in [0.4, 0.5) is 0 Å². The molecule has 0 aromatic heterocycles. The van der Waals surface area contributed by atoms with Crippen molar-refractivity contribution in [3.8, 4) is 5.75 Å². The van der Waals surface area contributed by atoms with E-state index in [1.807, 2.05) is 12.1 Å². The summed E-state index contributed by atoms with van der Waals surface area (Å²) in [5.41, 5.74) is 1.12. The number of phenolic OH excluding ortho intramolecular Hbond substituents is 1. The van der Waals surface area contributed by atoms with Gasteiger partial charge in [0.1, 0.15) is 5.75 Å². The number of aromatic hydroxyl groups is 1. The predicted molar refractivity (Wildman–Crippen MR) is 58.5 cm³/mol. The molecule has 76 valence electrons. The fraction of sp³-hybridized carbons (Fsp3) is 0.538. The van der Waals surface area contributed by atoms with Crippen LogP contribution in [0.15, 0.2) is 24.3 Å². The summed E-state index contributed by atoms with van der Waals surface area (Å²) < 4.78 is 0. The summed E-state index contributed by atoms with van der Waals surface area (Å²) in [6.07, 6.45) is 5.39. The molecule has 1 saturated carbocycles. The quantitative estimate of drug-likeness (QED) is 0.754. The lowest BCUT2D eigenvalue weighted by Crippen LogP contribution is -2.05. The Hall–Kier alpha value is -0.980. The van der Waals surface area contributed by atoms with Gasteiger partial charge < -0.3 is 5.11 Å². The first-order valence-corrected chi connectivity index (χ1v) is 5.57. The second kappa shape index (κ2) is 4.04. The van der Waals surface area contributed by atoms with Crippen molar-refractivity contribution in [1.29, 1.82) is 0 Å². The van der Waals surface area contributed by atoms with Crippen molar-refractivity contribution in [2.75, 3.05) is 0 Å². The molecule has 0 radical (unpaired) electrons. The van der Waals surface area contributed by atoms with Crippen molar-refractivity contribution in [2.24, 2.45) is 5.92 Å². The number of hydrogen-bond donors (Lipinski definition) is 1. The number of para-hydroxylation sites is 1. The van der Waals surface area contributed by atoms with E-state index < -0.39 is 0 Å². The van der Waals surface area contributed by atoms with Crippen LogP contribution in [0.25, 0.3) is 0 Å². The SMILES string of the molecule is CC(c1ccccc1O)C1CCCC1. The van der Waals surface area contributed by atoms with Gasteiger partial charge in [0.15, 0.2) is 0 Å². The molecule has 2 rings (SSSR count). The first kappa shape index (κ1) is 9.57. The Labute approximate surface area is 85.8 Å². The van der Waals surface area contributed by atoms with E-state index in [9.17, 15) is 5.11 Å². The van der Waals surface area contributed by atoms with Gasteiger partial charge in [0.05, 0.1) is 0 Å². The van der Waals surface area contributed by atoms with Crippen LogP contribution in [0.5, 0.6) is 5.75 Å². The topological polar surface area (TPSA) is 20.2 Å². The van der Waals surface area contributed by atoms with Crippen molar-refractivity contribution in [2.45, 2.75) is 38.5 Å². The molecular weight excluding hydrogens is 172 g/mol. The first-order valence-electron chi connectivity index (χ1n) is 5.57. The van der Waals surface area contributed by atoms with Crippen molar-refractivity contribution in [1.82, 2.24) is 0 Å². The highest BCUT2D eigenvalue weighted by Crippen LogP contribution is 2.39. The normalized spacial score (nSPS) is 19.8. The molecule has 1 heteroatoms. The van der Waals surface area contributed by atoms with E-state index in [-0.39, 0.29) is 0 Å². The molecule has 1 aromatic rings. The number of rotatable bonds is 2. The Kier molecular flexibility index (Phi) is 2.76. The van der Waals surface area contributed by atoms with Gasteiger partial charge in [-0.15, -0.1) is 0 Å². The van der Waals surface area contributed by atoms with Crippen LogP contribution in [0, 0.1) is 5.92 Å². The van der Waals surface area contributed by atoms with Crippen molar-refractivity contribution >= 4 is 0 Å². The molecule has 1 nitrogen and oxygen atoms in total. The summed E-state index contributed by atoms with van der Waals surface area (Å²) in [4.78, 5) is 0. The van der Waals surface area contributed by atoms with E-state index in [2.05, 4.69) is 13.0 Å². The summed E-state index contributed by atoms with van der Waals surface area (Å²) in [5.74, 6) is 1.76. The van der Waals surface area contributed by atoms with Crippen LogP contribution < -0.4 is 0 Å². The van der Waals surface area contributed by atoms with Gasteiger partial charge in [0.2, 0.25) is 0 Å². The molecule has 0 saturated heterocycles. The van der Waals surface area contributed by atoms with Crippen LogP contribution in [0.1, 0.15) is 44.1 Å². The molecule has 14 heavy (non-hydrogen) atoms. The minimum atomic E-state index is 0.465. The smallest absolute Gasteiger partial charge is 0.119 e. The first-order chi connectivity index (χ1) is 6.79. The summed E-state index contributed by atoms with van der Waals surface area (Å²) >= 11 is 0. The second-order valence-corrected chi connectivity index (χ2v) is 4.39. The average Bonchev–Trinajstić information content (AvgIpc) is 2.70. The van der Waals surface area contributed by atoms with E-state index in [1.54, 1.807) is 6.07 Å². The maximum atomic E-state index is 9.74. The molecule has 1 aromatic carbocycles. The van der Waals surface area contributed by atoms with Crippen LogP contribution in [0.3, 0.4) is 0 Å². The van der Waals surface area contributed by atoms with Gasteiger partial charge in [0, 0.05) is 0 Å². The monoisotopic (exact) mass is 190 g/mol. The van der Waals surface area contributed by atoms with E-state index >= 15 is 0 Å². The number of hydrogen-bond acceptors (Lipinski definition) is 1. The maximum Gasteiger partial charge on any atom is 0.119 e. The molecule has 1 unspecified atom stereocenters. The molecule has 0 amide bonds. The highest BCUT2D eigenvalue weighted by atomic mass is 16.3. The molecule has 0 bridgehead atoms. The van der Waals surface area contributed by atoms with Gasteiger partial charge in [-0.1, -0.05) is 38.0 Å². The molecular formula is C13H18O. The fourth-order valence-electron chi connectivity index (χ4n) is 2.58. The lowest BCUT2D eigenvalue weighted by atomic mass is 9.86. The van der Waals surface area contributed by atoms with Gasteiger partial charge in [-0.3, -0.25) is 0 Å². The maximum absolute atomic E-state index is 9.74. The Bertz CT molecular complexity index is 300. The molecule has 0 spiro atoms.